The Morgan fingerprint density at radius 2 is 2.04 bits per heavy atom. The highest BCUT2D eigenvalue weighted by atomic mass is 32.2. The molecule has 2 N–H and O–H groups in total. The number of aliphatic imine (C=N–C) groups is 1. The molecule has 0 spiro atoms. The fraction of sp³-hybridized carbons (Fsp3) is 0.263. The average molecular weight is 384 g/mol. The van der Waals surface area contributed by atoms with Gasteiger partial charge in [0.2, 0.25) is 5.91 Å². The Morgan fingerprint density at radius 3 is 2.78 bits per heavy atom. The van der Waals surface area contributed by atoms with Gasteiger partial charge in [-0.1, -0.05) is 12.1 Å². The van der Waals surface area contributed by atoms with E-state index in [9.17, 15) is 13.2 Å². The van der Waals surface area contributed by atoms with Crippen LogP contribution in [-0.4, -0.2) is 39.8 Å². The van der Waals surface area contributed by atoms with Gasteiger partial charge in [-0.3, -0.25) is 14.5 Å². The van der Waals surface area contributed by atoms with Crippen molar-refractivity contribution in [3.05, 3.63) is 53.6 Å². The third-order valence-corrected chi connectivity index (χ3v) is 6.10. The van der Waals surface area contributed by atoms with Crippen molar-refractivity contribution in [2.24, 2.45) is 4.99 Å². The first kappa shape index (κ1) is 17.5. The zero-order chi connectivity index (χ0) is 19.0. The number of hydrogen-bond acceptors (Lipinski definition) is 5. The number of benzene rings is 2. The Morgan fingerprint density at radius 1 is 1.22 bits per heavy atom. The highest BCUT2D eigenvalue weighted by Gasteiger charge is 2.25. The number of para-hydroxylation sites is 1. The minimum atomic E-state index is -3.76. The van der Waals surface area contributed by atoms with E-state index in [-0.39, 0.29) is 10.8 Å². The van der Waals surface area contributed by atoms with Gasteiger partial charge >= 0.3 is 0 Å². The van der Waals surface area contributed by atoms with E-state index in [1.54, 1.807) is 29.2 Å². The van der Waals surface area contributed by atoms with Crippen LogP contribution in [-0.2, 0) is 21.2 Å². The van der Waals surface area contributed by atoms with Gasteiger partial charge < -0.3 is 10.2 Å². The maximum atomic E-state index is 12.9. The molecular weight excluding hydrogens is 364 g/mol. The minimum Gasteiger partial charge on any atom is -0.368 e. The molecule has 1 amide bonds. The van der Waals surface area contributed by atoms with Gasteiger partial charge in [0.1, 0.15) is 5.84 Å². The van der Waals surface area contributed by atoms with Crippen molar-refractivity contribution in [2.45, 2.75) is 18.2 Å². The third kappa shape index (κ3) is 3.28. The molecule has 0 unspecified atom stereocenters. The van der Waals surface area contributed by atoms with E-state index in [2.05, 4.69) is 15.0 Å². The second-order valence-electron chi connectivity index (χ2n) is 6.52. The van der Waals surface area contributed by atoms with Crippen LogP contribution in [0.3, 0.4) is 0 Å². The van der Waals surface area contributed by atoms with Gasteiger partial charge in [-0.15, -0.1) is 0 Å². The maximum Gasteiger partial charge on any atom is 0.261 e. The van der Waals surface area contributed by atoms with Crippen LogP contribution >= 0.6 is 0 Å². The van der Waals surface area contributed by atoms with Gasteiger partial charge in [0, 0.05) is 31.3 Å². The lowest BCUT2D eigenvalue weighted by Crippen LogP contribution is -2.25. The Kier molecular flexibility index (Phi) is 4.35. The predicted octanol–water partition coefficient (Wildman–Crippen LogP) is 1.75. The Bertz CT molecular complexity index is 1050. The molecule has 0 aromatic heterocycles. The van der Waals surface area contributed by atoms with E-state index < -0.39 is 10.0 Å². The lowest BCUT2D eigenvalue weighted by atomic mass is 10.1. The summed E-state index contributed by atoms with van der Waals surface area (Å²) in [7, 11) is -3.76. The van der Waals surface area contributed by atoms with E-state index >= 15 is 0 Å². The Labute approximate surface area is 158 Å². The van der Waals surface area contributed by atoms with E-state index in [4.69, 9.17) is 0 Å². The molecule has 0 aliphatic carbocycles. The van der Waals surface area contributed by atoms with Gasteiger partial charge in [-0.05, 0) is 42.3 Å². The van der Waals surface area contributed by atoms with Crippen LogP contribution in [0.4, 0.5) is 11.4 Å². The molecule has 140 valence electrons. The summed E-state index contributed by atoms with van der Waals surface area (Å²) in [6, 6.07) is 12.1. The predicted molar refractivity (Wildman–Crippen MR) is 105 cm³/mol. The van der Waals surface area contributed by atoms with Gasteiger partial charge in [0.05, 0.1) is 17.1 Å². The van der Waals surface area contributed by atoms with Crippen molar-refractivity contribution in [1.29, 1.82) is 0 Å². The number of carbonyl (C=O) groups is 1. The van der Waals surface area contributed by atoms with Crippen LogP contribution in [0.1, 0.15) is 18.1 Å². The van der Waals surface area contributed by atoms with Crippen molar-refractivity contribution >= 4 is 33.1 Å². The normalized spacial score (nSPS) is 15.9. The molecule has 27 heavy (non-hydrogen) atoms. The quantitative estimate of drug-likeness (QED) is 0.840. The highest BCUT2D eigenvalue weighted by Crippen LogP contribution is 2.31. The number of fused-ring (bicyclic) bond motifs is 1. The number of anilines is 2. The van der Waals surface area contributed by atoms with Crippen LogP contribution in [0.15, 0.2) is 52.4 Å². The van der Waals surface area contributed by atoms with Gasteiger partial charge in [0.25, 0.3) is 10.0 Å². The van der Waals surface area contributed by atoms with Gasteiger partial charge in [0.15, 0.2) is 0 Å². The molecule has 0 bridgehead atoms. The molecular formula is C19H20N4O3S. The molecule has 2 heterocycles. The fourth-order valence-electron chi connectivity index (χ4n) is 3.43. The van der Waals surface area contributed by atoms with Crippen LogP contribution < -0.4 is 14.9 Å². The summed E-state index contributed by atoms with van der Waals surface area (Å²) in [6.07, 6.45) is 0.648. The lowest BCUT2D eigenvalue weighted by Gasteiger charge is -2.16. The minimum absolute atomic E-state index is 0.0405. The number of amides is 1. The second-order valence-corrected chi connectivity index (χ2v) is 8.20. The molecule has 0 atom stereocenters. The van der Waals surface area contributed by atoms with E-state index in [1.807, 2.05) is 12.1 Å². The summed E-state index contributed by atoms with van der Waals surface area (Å²) in [5.41, 5.74) is 2.86. The monoisotopic (exact) mass is 384 g/mol. The molecule has 2 aliphatic rings. The van der Waals surface area contributed by atoms with E-state index in [0.717, 1.165) is 23.4 Å². The first-order valence-electron chi connectivity index (χ1n) is 8.77. The van der Waals surface area contributed by atoms with Crippen molar-refractivity contribution in [3.63, 3.8) is 0 Å². The van der Waals surface area contributed by atoms with Crippen LogP contribution in [0, 0.1) is 0 Å². The zero-order valence-corrected chi connectivity index (χ0v) is 15.7. The SMILES string of the molecule is CC(=O)N1CCc2cc(S(=O)(=O)Nc3ccccc3C3=NCCN3)ccc21. The summed E-state index contributed by atoms with van der Waals surface area (Å²) >= 11 is 0. The number of carbonyl (C=O) groups excluding carboxylic acids is 1. The average Bonchev–Trinajstić information content (AvgIpc) is 3.31. The summed E-state index contributed by atoms with van der Waals surface area (Å²) in [5, 5.41) is 3.17. The maximum absolute atomic E-state index is 12.9. The second kappa shape index (κ2) is 6.70. The van der Waals surface area contributed by atoms with Crippen molar-refractivity contribution in [1.82, 2.24) is 5.32 Å². The lowest BCUT2D eigenvalue weighted by molar-refractivity contribution is -0.116. The summed E-state index contributed by atoms with van der Waals surface area (Å²) in [6.45, 7) is 3.51. The number of amidine groups is 1. The largest absolute Gasteiger partial charge is 0.368 e. The molecule has 7 nitrogen and oxygen atoms in total. The first-order valence-corrected chi connectivity index (χ1v) is 10.3. The fourth-order valence-corrected chi connectivity index (χ4v) is 4.56. The summed E-state index contributed by atoms with van der Waals surface area (Å²) in [4.78, 5) is 17.9. The van der Waals surface area contributed by atoms with Crippen LogP contribution in [0.25, 0.3) is 0 Å². The van der Waals surface area contributed by atoms with E-state index in [1.165, 1.54) is 13.0 Å². The van der Waals surface area contributed by atoms with Crippen molar-refractivity contribution in [2.75, 3.05) is 29.3 Å². The zero-order valence-electron chi connectivity index (χ0n) is 14.9. The van der Waals surface area contributed by atoms with E-state index in [0.29, 0.717) is 31.0 Å². The number of hydrogen-bond donors (Lipinski definition) is 2. The number of rotatable bonds is 4. The number of nitrogens with one attached hydrogen (secondary N) is 2. The van der Waals surface area contributed by atoms with Gasteiger partial charge in [-0.2, -0.15) is 0 Å². The molecule has 0 fully saturated rings. The van der Waals surface area contributed by atoms with Gasteiger partial charge in [-0.25, -0.2) is 8.42 Å². The molecule has 4 rings (SSSR count). The smallest absolute Gasteiger partial charge is 0.261 e. The molecule has 2 aromatic rings. The van der Waals surface area contributed by atoms with Crippen molar-refractivity contribution in [3.8, 4) is 0 Å². The number of sulfonamides is 1. The highest BCUT2D eigenvalue weighted by molar-refractivity contribution is 7.92. The van der Waals surface area contributed by atoms with Crippen LogP contribution in [0.5, 0.6) is 0 Å². The third-order valence-electron chi connectivity index (χ3n) is 4.74. The molecule has 2 aromatic carbocycles. The topological polar surface area (TPSA) is 90.9 Å². The van der Waals surface area contributed by atoms with Crippen LogP contribution in [0.2, 0.25) is 0 Å². The molecule has 0 saturated heterocycles. The Hall–Kier alpha value is -2.87. The standard InChI is InChI=1S/C19H20N4O3S/c1-13(24)23-11-8-14-12-15(6-7-18(14)23)27(25,26)22-17-5-3-2-4-16(17)19-20-9-10-21-19/h2-7,12,22H,8-11H2,1H3,(H,20,21). The molecule has 8 heteroatoms. The van der Waals surface area contributed by atoms with Crippen molar-refractivity contribution < 1.29 is 13.2 Å². The molecule has 0 saturated carbocycles. The molecule has 2 aliphatic heterocycles. The molecule has 0 radical (unpaired) electrons. The number of nitrogens with zero attached hydrogens (tertiary/aromatic N) is 2. The Balaban J connectivity index is 1.65. The summed E-state index contributed by atoms with van der Waals surface area (Å²) < 4.78 is 28.5. The first-order chi connectivity index (χ1) is 13.0. The summed E-state index contributed by atoms with van der Waals surface area (Å²) in [5.74, 6) is 0.653.